The molecule has 0 saturated heterocycles. The van der Waals surface area contributed by atoms with Gasteiger partial charge >= 0.3 is 0 Å². The Morgan fingerprint density at radius 3 is 2.69 bits per heavy atom. The number of ether oxygens (including phenoxy) is 2. The number of nitrogens with one attached hydrogen (secondary N) is 3. The first-order valence-corrected chi connectivity index (χ1v) is 10.5. The molecule has 29 heavy (non-hydrogen) atoms. The number of methoxy groups -OCH3 is 1. The van der Waals surface area contributed by atoms with Gasteiger partial charge in [0, 0.05) is 36.1 Å². The maximum atomic E-state index is 5.69. The summed E-state index contributed by atoms with van der Waals surface area (Å²) in [5.41, 5.74) is 3.48. The summed E-state index contributed by atoms with van der Waals surface area (Å²) in [6, 6.07) is 14.5. The second-order valence-corrected chi connectivity index (χ2v) is 7.23. The van der Waals surface area contributed by atoms with Crippen LogP contribution >= 0.6 is 12.2 Å². The number of rotatable bonds is 9. The SMILES string of the molecule is CCCNC(=S)NC[C@H](c1ccc(OCC)c(OC)c1)c1c[nH]c2ccccc12. The highest BCUT2D eigenvalue weighted by Gasteiger charge is 2.20. The van der Waals surface area contributed by atoms with Crippen molar-refractivity contribution in [3.63, 3.8) is 0 Å². The Morgan fingerprint density at radius 1 is 1.10 bits per heavy atom. The molecule has 3 N–H and O–H groups in total. The molecule has 0 aliphatic heterocycles. The van der Waals surface area contributed by atoms with Crippen LogP contribution in [0, 0.1) is 0 Å². The highest BCUT2D eigenvalue weighted by Crippen LogP contribution is 2.35. The van der Waals surface area contributed by atoms with Gasteiger partial charge < -0.3 is 25.1 Å². The fraction of sp³-hybridized carbons (Fsp3) is 0.348. The van der Waals surface area contributed by atoms with Crippen molar-refractivity contribution in [3.05, 3.63) is 59.8 Å². The van der Waals surface area contributed by atoms with Gasteiger partial charge in [0.15, 0.2) is 16.6 Å². The van der Waals surface area contributed by atoms with Crippen molar-refractivity contribution in [3.8, 4) is 11.5 Å². The number of para-hydroxylation sites is 1. The zero-order valence-corrected chi connectivity index (χ0v) is 18.1. The van der Waals surface area contributed by atoms with Crippen LogP contribution < -0.4 is 20.1 Å². The van der Waals surface area contributed by atoms with Crippen molar-refractivity contribution in [1.29, 1.82) is 0 Å². The fourth-order valence-electron chi connectivity index (χ4n) is 3.46. The first-order chi connectivity index (χ1) is 14.2. The summed E-state index contributed by atoms with van der Waals surface area (Å²) < 4.78 is 11.3. The van der Waals surface area contributed by atoms with Crippen molar-refractivity contribution in [2.24, 2.45) is 0 Å². The first-order valence-electron chi connectivity index (χ1n) is 10.1. The Kier molecular flexibility index (Phi) is 7.36. The molecule has 2 aromatic carbocycles. The lowest BCUT2D eigenvalue weighted by molar-refractivity contribution is 0.310. The summed E-state index contributed by atoms with van der Waals surface area (Å²) in [5, 5.41) is 8.50. The molecule has 1 atom stereocenters. The largest absolute Gasteiger partial charge is 0.493 e. The van der Waals surface area contributed by atoms with E-state index in [1.807, 2.05) is 19.1 Å². The minimum Gasteiger partial charge on any atom is -0.493 e. The van der Waals surface area contributed by atoms with Gasteiger partial charge in [-0.2, -0.15) is 0 Å². The normalized spacial score (nSPS) is 11.8. The van der Waals surface area contributed by atoms with Crippen LogP contribution in [0.15, 0.2) is 48.7 Å². The molecule has 0 radical (unpaired) electrons. The van der Waals surface area contributed by atoms with Gasteiger partial charge in [-0.15, -0.1) is 0 Å². The Morgan fingerprint density at radius 2 is 1.93 bits per heavy atom. The minimum atomic E-state index is 0.0945. The summed E-state index contributed by atoms with van der Waals surface area (Å²) in [5.74, 6) is 1.59. The summed E-state index contributed by atoms with van der Waals surface area (Å²) in [4.78, 5) is 3.39. The topological polar surface area (TPSA) is 58.3 Å². The molecule has 6 heteroatoms. The predicted molar refractivity (Wildman–Crippen MR) is 123 cm³/mol. The molecule has 154 valence electrons. The highest BCUT2D eigenvalue weighted by atomic mass is 32.1. The van der Waals surface area contributed by atoms with Gasteiger partial charge in [0.1, 0.15) is 0 Å². The van der Waals surface area contributed by atoms with Gasteiger partial charge in [0.25, 0.3) is 0 Å². The molecular formula is C23H29N3O2S. The van der Waals surface area contributed by atoms with Gasteiger partial charge in [0.2, 0.25) is 0 Å². The number of thiocarbonyl (C=S) groups is 1. The van der Waals surface area contributed by atoms with E-state index in [4.69, 9.17) is 21.7 Å². The Balaban J connectivity index is 1.95. The molecule has 3 aromatic rings. The van der Waals surface area contributed by atoms with Crippen molar-refractivity contribution in [2.45, 2.75) is 26.2 Å². The monoisotopic (exact) mass is 411 g/mol. The Labute approximate surface area is 177 Å². The Hall–Kier alpha value is -2.73. The van der Waals surface area contributed by atoms with Crippen LogP contribution in [0.3, 0.4) is 0 Å². The third-order valence-electron chi connectivity index (χ3n) is 4.89. The number of hydrogen-bond acceptors (Lipinski definition) is 3. The number of hydrogen-bond donors (Lipinski definition) is 3. The van der Waals surface area contributed by atoms with Gasteiger partial charge in [-0.05, 0) is 54.9 Å². The third kappa shape index (κ3) is 5.01. The quantitative estimate of drug-likeness (QED) is 0.450. The molecule has 0 bridgehead atoms. The second kappa shape index (κ2) is 10.2. The predicted octanol–water partition coefficient (Wildman–Crippen LogP) is 4.58. The smallest absolute Gasteiger partial charge is 0.166 e. The average Bonchev–Trinajstić information content (AvgIpc) is 3.17. The lowest BCUT2D eigenvalue weighted by Crippen LogP contribution is -2.38. The fourth-order valence-corrected chi connectivity index (χ4v) is 3.65. The van der Waals surface area contributed by atoms with Gasteiger partial charge in [-0.1, -0.05) is 31.2 Å². The molecule has 5 nitrogen and oxygen atoms in total. The number of H-pyrrole nitrogens is 1. The second-order valence-electron chi connectivity index (χ2n) is 6.82. The third-order valence-corrected chi connectivity index (χ3v) is 5.18. The lowest BCUT2D eigenvalue weighted by atomic mass is 9.90. The number of aromatic nitrogens is 1. The van der Waals surface area contributed by atoms with Crippen LogP contribution in [0.2, 0.25) is 0 Å². The van der Waals surface area contributed by atoms with Crippen LogP contribution in [0.4, 0.5) is 0 Å². The standard InChI is InChI=1S/C23H29N3O2S/c1-4-12-24-23(29)26-14-18(19-15-25-20-9-7-6-8-17(19)20)16-10-11-21(28-5-2)22(13-16)27-3/h6-11,13,15,18,25H,4-5,12,14H2,1-3H3,(H2,24,26,29)/t18-/m1/s1. The van der Waals surface area contributed by atoms with E-state index in [1.165, 1.54) is 10.9 Å². The van der Waals surface area contributed by atoms with E-state index in [0.29, 0.717) is 18.3 Å². The summed E-state index contributed by atoms with van der Waals surface area (Å²) in [6.45, 7) is 6.22. The van der Waals surface area contributed by atoms with Crippen LogP contribution in [0.25, 0.3) is 10.9 Å². The van der Waals surface area contributed by atoms with Crippen molar-refractivity contribution >= 4 is 28.2 Å². The molecule has 0 aliphatic carbocycles. The average molecular weight is 412 g/mol. The van der Waals surface area contributed by atoms with Crippen molar-refractivity contribution in [1.82, 2.24) is 15.6 Å². The molecule has 0 saturated carbocycles. The van der Waals surface area contributed by atoms with E-state index < -0.39 is 0 Å². The number of aromatic amines is 1. The van der Waals surface area contributed by atoms with E-state index in [-0.39, 0.29) is 5.92 Å². The van der Waals surface area contributed by atoms with E-state index in [0.717, 1.165) is 35.5 Å². The van der Waals surface area contributed by atoms with Crippen LogP contribution in [-0.2, 0) is 0 Å². The van der Waals surface area contributed by atoms with Crippen molar-refractivity contribution in [2.75, 3.05) is 26.8 Å². The molecule has 0 fully saturated rings. The maximum absolute atomic E-state index is 5.69. The number of benzene rings is 2. The molecule has 0 amide bonds. The maximum Gasteiger partial charge on any atom is 0.166 e. The van der Waals surface area contributed by atoms with E-state index in [9.17, 15) is 0 Å². The molecule has 0 spiro atoms. The summed E-state index contributed by atoms with van der Waals surface area (Å²) in [6.07, 6.45) is 3.12. The molecular weight excluding hydrogens is 382 g/mol. The molecule has 0 aliphatic rings. The zero-order chi connectivity index (χ0) is 20.6. The summed E-state index contributed by atoms with van der Waals surface area (Å²) in [7, 11) is 1.67. The van der Waals surface area contributed by atoms with Crippen LogP contribution in [0.5, 0.6) is 11.5 Å². The van der Waals surface area contributed by atoms with Crippen molar-refractivity contribution < 1.29 is 9.47 Å². The van der Waals surface area contributed by atoms with Crippen LogP contribution in [-0.4, -0.2) is 36.9 Å². The molecule has 1 aromatic heterocycles. The van der Waals surface area contributed by atoms with E-state index in [1.54, 1.807) is 7.11 Å². The van der Waals surface area contributed by atoms with E-state index >= 15 is 0 Å². The lowest BCUT2D eigenvalue weighted by Gasteiger charge is -2.21. The first kappa shape index (κ1) is 21.0. The minimum absolute atomic E-state index is 0.0945. The van der Waals surface area contributed by atoms with Crippen LogP contribution in [0.1, 0.15) is 37.3 Å². The molecule has 1 heterocycles. The van der Waals surface area contributed by atoms with Gasteiger partial charge in [0.05, 0.1) is 13.7 Å². The Bertz CT molecular complexity index is 954. The highest BCUT2D eigenvalue weighted by molar-refractivity contribution is 7.80. The molecule has 3 rings (SSSR count). The van der Waals surface area contributed by atoms with Gasteiger partial charge in [-0.25, -0.2) is 0 Å². The summed E-state index contributed by atoms with van der Waals surface area (Å²) >= 11 is 5.44. The zero-order valence-electron chi connectivity index (χ0n) is 17.2. The number of fused-ring (bicyclic) bond motifs is 1. The molecule has 0 unspecified atom stereocenters. The van der Waals surface area contributed by atoms with E-state index in [2.05, 4.69) is 59.1 Å². The van der Waals surface area contributed by atoms with Gasteiger partial charge in [-0.3, -0.25) is 0 Å².